The van der Waals surface area contributed by atoms with Gasteiger partial charge in [-0.15, -0.1) is 0 Å². The summed E-state index contributed by atoms with van der Waals surface area (Å²) >= 11 is 0. The Hall–Kier alpha value is -3.78. The molecule has 1 saturated heterocycles. The Bertz CT molecular complexity index is 1320. The van der Waals surface area contributed by atoms with Crippen LogP contribution in [0.2, 0.25) is 0 Å². The lowest BCUT2D eigenvalue weighted by molar-refractivity contribution is 0.101. The minimum absolute atomic E-state index is 0.0248. The number of aromatic nitrogens is 4. The highest BCUT2D eigenvalue weighted by molar-refractivity contribution is 5.95. The molecule has 8 nitrogen and oxygen atoms in total. The summed E-state index contributed by atoms with van der Waals surface area (Å²) in [4.78, 5) is 28.2. The number of rotatable bonds is 6. The van der Waals surface area contributed by atoms with Crippen molar-refractivity contribution in [3.05, 3.63) is 60.4 Å². The number of hydrogen-bond donors (Lipinski definition) is 1. The monoisotopic (exact) mass is 456 g/mol. The summed E-state index contributed by atoms with van der Waals surface area (Å²) in [5.74, 6) is 1.43. The van der Waals surface area contributed by atoms with Crippen LogP contribution < -0.4 is 10.2 Å². The third-order valence-electron chi connectivity index (χ3n) is 6.03. The molecule has 1 aliphatic heterocycles. The Morgan fingerprint density at radius 3 is 2.53 bits per heavy atom. The lowest BCUT2D eigenvalue weighted by atomic mass is 10.1. The van der Waals surface area contributed by atoms with Crippen molar-refractivity contribution in [3.63, 3.8) is 0 Å². The molecule has 0 saturated carbocycles. The van der Waals surface area contributed by atoms with Crippen molar-refractivity contribution in [2.75, 3.05) is 36.5 Å². The number of morpholine rings is 1. The number of hydrogen-bond acceptors (Lipinski definition) is 7. The van der Waals surface area contributed by atoms with E-state index in [1.807, 2.05) is 24.3 Å². The minimum Gasteiger partial charge on any atom is -0.378 e. The summed E-state index contributed by atoms with van der Waals surface area (Å²) in [6.45, 7) is 9.09. The first-order valence-corrected chi connectivity index (χ1v) is 11.6. The van der Waals surface area contributed by atoms with E-state index in [-0.39, 0.29) is 11.8 Å². The van der Waals surface area contributed by atoms with E-state index in [1.165, 1.54) is 5.69 Å². The Kier molecular flexibility index (Phi) is 5.98. The normalized spacial score (nSPS) is 14.1. The lowest BCUT2D eigenvalue weighted by Crippen LogP contribution is -2.36. The number of nitrogens with one attached hydrogen (secondary N) is 1. The fourth-order valence-electron chi connectivity index (χ4n) is 4.28. The van der Waals surface area contributed by atoms with Crippen LogP contribution in [0.5, 0.6) is 0 Å². The van der Waals surface area contributed by atoms with Crippen molar-refractivity contribution in [1.29, 1.82) is 0 Å². The molecule has 174 valence electrons. The van der Waals surface area contributed by atoms with Crippen LogP contribution in [0.25, 0.3) is 22.6 Å². The van der Waals surface area contributed by atoms with E-state index in [2.05, 4.69) is 62.9 Å². The predicted octanol–water partition coefficient (Wildman–Crippen LogP) is 4.86. The highest BCUT2D eigenvalue weighted by atomic mass is 16.5. The first-order chi connectivity index (χ1) is 16.5. The molecule has 1 aliphatic rings. The number of fused-ring (bicyclic) bond motifs is 1. The summed E-state index contributed by atoms with van der Waals surface area (Å²) in [5, 5.41) is 3.41. The molecule has 1 fully saturated rings. The van der Waals surface area contributed by atoms with Crippen molar-refractivity contribution in [2.45, 2.75) is 26.8 Å². The molecule has 0 spiro atoms. The van der Waals surface area contributed by atoms with Gasteiger partial charge in [-0.25, -0.2) is 15.0 Å². The number of ketones is 1. The molecule has 1 N–H and O–H groups in total. The number of anilines is 3. The zero-order valence-electron chi connectivity index (χ0n) is 19.7. The Labute approximate surface area is 198 Å². The Balaban J connectivity index is 1.51. The van der Waals surface area contributed by atoms with Gasteiger partial charge >= 0.3 is 0 Å². The van der Waals surface area contributed by atoms with Gasteiger partial charge in [0.1, 0.15) is 12.2 Å². The van der Waals surface area contributed by atoms with E-state index < -0.39 is 0 Å². The SMILES string of the molecule is CC(=O)c1cccc(-c2nc3c(Nc4ccc(N5CCOCC5)cc4)ncnc3n2C(C)C)c1. The zero-order valence-corrected chi connectivity index (χ0v) is 19.7. The maximum absolute atomic E-state index is 11.9. The average Bonchev–Trinajstić information content (AvgIpc) is 3.26. The number of benzene rings is 2. The first-order valence-electron chi connectivity index (χ1n) is 11.6. The van der Waals surface area contributed by atoms with Crippen molar-refractivity contribution >= 4 is 34.1 Å². The smallest absolute Gasteiger partial charge is 0.166 e. The summed E-state index contributed by atoms with van der Waals surface area (Å²) in [6.07, 6.45) is 1.56. The van der Waals surface area contributed by atoms with Gasteiger partial charge in [-0.05, 0) is 51.1 Å². The van der Waals surface area contributed by atoms with Gasteiger partial charge in [0.2, 0.25) is 0 Å². The summed E-state index contributed by atoms with van der Waals surface area (Å²) in [6, 6.07) is 16.0. The molecule has 3 heterocycles. The van der Waals surface area contributed by atoms with Crippen LogP contribution in [-0.2, 0) is 4.74 Å². The maximum Gasteiger partial charge on any atom is 0.166 e. The second-order valence-corrected chi connectivity index (χ2v) is 8.70. The summed E-state index contributed by atoms with van der Waals surface area (Å²) in [5.41, 5.74) is 5.08. The van der Waals surface area contributed by atoms with Gasteiger partial charge < -0.3 is 19.5 Å². The van der Waals surface area contributed by atoms with E-state index in [9.17, 15) is 4.79 Å². The quantitative estimate of drug-likeness (QED) is 0.415. The van der Waals surface area contributed by atoms with Crippen LogP contribution in [0.3, 0.4) is 0 Å². The van der Waals surface area contributed by atoms with Crippen LogP contribution in [-0.4, -0.2) is 51.6 Å². The molecule has 5 rings (SSSR count). The summed E-state index contributed by atoms with van der Waals surface area (Å²) in [7, 11) is 0. The Morgan fingerprint density at radius 1 is 1.06 bits per heavy atom. The highest BCUT2D eigenvalue weighted by Crippen LogP contribution is 2.31. The standard InChI is InChI=1S/C26H28N6O2/c1-17(2)32-25(20-6-4-5-19(15-20)18(3)33)30-23-24(27-16-28-26(23)32)29-21-7-9-22(10-8-21)31-11-13-34-14-12-31/h4-10,15-17H,11-14H2,1-3H3,(H,27,28,29). The number of carbonyl (C=O) groups excluding carboxylic acids is 1. The molecule has 2 aromatic heterocycles. The molecular formula is C26H28N6O2. The summed E-state index contributed by atoms with van der Waals surface area (Å²) < 4.78 is 7.54. The van der Waals surface area contributed by atoms with Gasteiger partial charge in [-0.1, -0.05) is 18.2 Å². The second-order valence-electron chi connectivity index (χ2n) is 8.70. The zero-order chi connectivity index (χ0) is 23.7. The van der Waals surface area contributed by atoms with Gasteiger partial charge in [0.25, 0.3) is 0 Å². The van der Waals surface area contributed by atoms with E-state index in [0.29, 0.717) is 16.9 Å². The third kappa shape index (κ3) is 4.24. The third-order valence-corrected chi connectivity index (χ3v) is 6.03. The van der Waals surface area contributed by atoms with Gasteiger partial charge in [0.05, 0.1) is 13.2 Å². The molecule has 34 heavy (non-hydrogen) atoms. The molecule has 2 aromatic carbocycles. The van der Waals surface area contributed by atoms with Crippen molar-refractivity contribution in [1.82, 2.24) is 19.5 Å². The molecular weight excluding hydrogens is 428 g/mol. The lowest BCUT2D eigenvalue weighted by Gasteiger charge is -2.28. The number of imidazole rings is 1. The van der Waals surface area contributed by atoms with Gasteiger partial charge in [0, 0.05) is 41.6 Å². The minimum atomic E-state index is 0.0248. The van der Waals surface area contributed by atoms with Crippen molar-refractivity contribution in [2.24, 2.45) is 0 Å². The van der Waals surface area contributed by atoms with E-state index in [4.69, 9.17) is 9.72 Å². The van der Waals surface area contributed by atoms with Crippen molar-refractivity contribution in [3.8, 4) is 11.4 Å². The molecule has 0 aliphatic carbocycles. The van der Waals surface area contributed by atoms with Crippen LogP contribution in [0.15, 0.2) is 54.9 Å². The first kappa shape index (κ1) is 22.0. The fraction of sp³-hybridized carbons (Fsp3) is 0.308. The topological polar surface area (TPSA) is 85.2 Å². The molecule has 0 radical (unpaired) electrons. The molecule has 4 aromatic rings. The maximum atomic E-state index is 11.9. The number of nitrogens with zero attached hydrogens (tertiary/aromatic N) is 5. The molecule has 8 heteroatoms. The van der Waals surface area contributed by atoms with Crippen molar-refractivity contribution < 1.29 is 9.53 Å². The predicted molar refractivity (Wildman–Crippen MR) is 134 cm³/mol. The largest absolute Gasteiger partial charge is 0.378 e. The molecule has 0 bridgehead atoms. The van der Waals surface area contributed by atoms with Gasteiger partial charge in [-0.2, -0.15) is 0 Å². The van der Waals surface area contributed by atoms with Crippen LogP contribution in [0.4, 0.5) is 17.2 Å². The Morgan fingerprint density at radius 2 is 1.82 bits per heavy atom. The van der Waals surface area contributed by atoms with Crippen LogP contribution in [0.1, 0.15) is 37.2 Å². The van der Waals surface area contributed by atoms with Crippen LogP contribution >= 0.6 is 0 Å². The van der Waals surface area contributed by atoms with E-state index >= 15 is 0 Å². The fourth-order valence-corrected chi connectivity index (χ4v) is 4.28. The second kappa shape index (κ2) is 9.23. The molecule has 0 atom stereocenters. The number of ether oxygens (including phenoxy) is 1. The van der Waals surface area contributed by atoms with E-state index in [0.717, 1.165) is 49.0 Å². The molecule has 0 amide bonds. The highest BCUT2D eigenvalue weighted by Gasteiger charge is 2.20. The average molecular weight is 457 g/mol. The van der Waals surface area contributed by atoms with Crippen LogP contribution in [0, 0.1) is 0 Å². The molecule has 0 unspecified atom stereocenters. The number of Topliss-reactive ketones (excluding diaryl/α,β-unsaturated/α-hetero) is 1. The van der Waals surface area contributed by atoms with Gasteiger partial charge in [-0.3, -0.25) is 4.79 Å². The van der Waals surface area contributed by atoms with E-state index in [1.54, 1.807) is 13.3 Å². The van der Waals surface area contributed by atoms with Gasteiger partial charge in [0.15, 0.2) is 22.8 Å². The number of carbonyl (C=O) groups is 1.